The van der Waals surface area contributed by atoms with Gasteiger partial charge in [-0.1, -0.05) is 23.4 Å². The zero-order chi connectivity index (χ0) is 25.1. The van der Waals surface area contributed by atoms with Crippen LogP contribution in [-0.2, 0) is 6.54 Å². The van der Waals surface area contributed by atoms with Crippen molar-refractivity contribution in [3.05, 3.63) is 79.5 Å². The van der Waals surface area contributed by atoms with E-state index in [-0.39, 0.29) is 48.3 Å². The first-order valence-corrected chi connectivity index (χ1v) is 10.3. The van der Waals surface area contributed by atoms with E-state index < -0.39 is 22.4 Å². The summed E-state index contributed by atoms with van der Waals surface area (Å²) in [5.74, 6) is -1.54. The Labute approximate surface area is 196 Å². The molecule has 14 nitrogen and oxygen atoms in total. The Morgan fingerprint density at radius 3 is 2.57 bits per heavy atom. The number of benzene rings is 1. The summed E-state index contributed by atoms with van der Waals surface area (Å²) >= 11 is 0. The third-order valence-corrected chi connectivity index (χ3v) is 5.06. The van der Waals surface area contributed by atoms with E-state index in [2.05, 4.69) is 25.9 Å². The molecule has 3 aromatic heterocycles. The number of fused-ring (bicyclic) bond motifs is 1. The molecule has 35 heavy (non-hydrogen) atoms. The number of hydrogen-bond acceptors (Lipinski definition) is 10. The average molecular weight is 481 g/mol. The molecule has 0 radical (unpaired) electrons. The molecular formula is C21H19N7O7. The van der Waals surface area contributed by atoms with Crippen molar-refractivity contribution in [2.45, 2.75) is 20.4 Å². The van der Waals surface area contributed by atoms with Crippen molar-refractivity contribution in [3.63, 3.8) is 0 Å². The van der Waals surface area contributed by atoms with E-state index in [1.807, 2.05) is 0 Å². The molecule has 0 bridgehead atoms. The van der Waals surface area contributed by atoms with Crippen molar-refractivity contribution in [1.29, 1.82) is 0 Å². The number of nitrogens with one attached hydrogen (secondary N) is 2. The third kappa shape index (κ3) is 4.90. The van der Waals surface area contributed by atoms with E-state index in [1.165, 1.54) is 17.7 Å². The number of carbonyl (C=O) groups excluding carboxylic acids is 2. The Bertz CT molecular complexity index is 1500. The minimum atomic E-state index is -0.767. The van der Waals surface area contributed by atoms with E-state index in [1.54, 1.807) is 31.2 Å². The summed E-state index contributed by atoms with van der Waals surface area (Å²) in [6.45, 7) is 3.07. The van der Waals surface area contributed by atoms with Gasteiger partial charge in [-0.15, -0.1) is 0 Å². The maximum absolute atomic E-state index is 12.3. The topological polar surface area (TPSA) is 188 Å². The molecule has 1 aromatic carbocycles. The highest BCUT2D eigenvalue weighted by atomic mass is 16.6. The van der Waals surface area contributed by atoms with Gasteiger partial charge in [0, 0.05) is 18.5 Å². The lowest BCUT2D eigenvalue weighted by atomic mass is 10.2. The van der Waals surface area contributed by atoms with Crippen LogP contribution in [-0.4, -0.2) is 49.7 Å². The highest BCUT2D eigenvalue weighted by Crippen LogP contribution is 2.22. The van der Waals surface area contributed by atoms with Crippen LogP contribution < -0.4 is 16.3 Å². The smallest absolute Gasteiger partial charge is 0.349 e. The minimum Gasteiger partial charge on any atom is -0.422 e. The second-order valence-corrected chi connectivity index (χ2v) is 7.45. The first-order chi connectivity index (χ1) is 16.7. The highest BCUT2D eigenvalue weighted by molar-refractivity contribution is 5.96. The molecule has 180 valence electrons. The third-order valence-electron chi connectivity index (χ3n) is 5.06. The second-order valence-electron chi connectivity index (χ2n) is 7.45. The predicted octanol–water partition coefficient (Wildman–Crippen LogP) is 1.11. The molecule has 0 fully saturated rings. The number of nitro groups is 1. The van der Waals surface area contributed by atoms with Crippen LogP contribution in [0.25, 0.3) is 11.0 Å². The van der Waals surface area contributed by atoms with Crippen LogP contribution in [0.5, 0.6) is 0 Å². The molecule has 0 unspecified atom stereocenters. The summed E-state index contributed by atoms with van der Waals surface area (Å²) in [5, 5.41) is 24.5. The molecular weight excluding hydrogens is 462 g/mol. The molecule has 2 amide bonds. The molecule has 3 heterocycles. The number of amides is 2. The van der Waals surface area contributed by atoms with Crippen molar-refractivity contribution >= 4 is 28.5 Å². The maximum atomic E-state index is 12.3. The van der Waals surface area contributed by atoms with Crippen molar-refractivity contribution in [1.82, 2.24) is 30.6 Å². The van der Waals surface area contributed by atoms with Crippen LogP contribution in [0, 0.1) is 24.0 Å². The van der Waals surface area contributed by atoms with E-state index in [0.717, 1.165) is 0 Å². The molecule has 0 aliphatic heterocycles. The first-order valence-electron chi connectivity index (χ1n) is 10.3. The average Bonchev–Trinajstić information content (AvgIpc) is 3.40. The van der Waals surface area contributed by atoms with Gasteiger partial charge in [0.05, 0.1) is 4.92 Å². The predicted molar refractivity (Wildman–Crippen MR) is 119 cm³/mol. The zero-order valence-electron chi connectivity index (χ0n) is 18.6. The van der Waals surface area contributed by atoms with Gasteiger partial charge < -0.3 is 19.6 Å². The van der Waals surface area contributed by atoms with Crippen molar-refractivity contribution in [2.24, 2.45) is 0 Å². The number of carbonyl (C=O) groups is 2. The lowest BCUT2D eigenvalue weighted by Crippen LogP contribution is -2.36. The maximum Gasteiger partial charge on any atom is 0.349 e. The summed E-state index contributed by atoms with van der Waals surface area (Å²) < 4.78 is 11.4. The standard InChI is InChI=1S/C21H19N7O7/c1-11-17(28(32)33)12(2)27(25-11)10-16-24-20(35-26-16)19(30)23-8-7-22-18(29)14-9-13-5-3-4-6-15(13)34-21(14)31/h3-6,9H,7-8,10H2,1-2H3,(H,22,29)(H,23,30). The summed E-state index contributed by atoms with van der Waals surface area (Å²) in [4.78, 5) is 51.2. The Balaban J connectivity index is 1.30. The minimum absolute atomic E-state index is 0.0187. The van der Waals surface area contributed by atoms with Crippen LogP contribution in [0.1, 0.15) is 38.3 Å². The van der Waals surface area contributed by atoms with E-state index in [9.17, 15) is 24.5 Å². The fourth-order valence-corrected chi connectivity index (χ4v) is 3.39. The van der Waals surface area contributed by atoms with Gasteiger partial charge in [0.15, 0.2) is 5.82 Å². The number of aryl methyl sites for hydroxylation is 1. The molecule has 0 atom stereocenters. The van der Waals surface area contributed by atoms with Crippen molar-refractivity contribution in [3.8, 4) is 0 Å². The van der Waals surface area contributed by atoms with Crippen LogP contribution in [0.4, 0.5) is 5.69 Å². The van der Waals surface area contributed by atoms with E-state index >= 15 is 0 Å². The molecule has 4 aromatic rings. The number of aromatic nitrogens is 4. The van der Waals surface area contributed by atoms with E-state index in [4.69, 9.17) is 8.94 Å². The van der Waals surface area contributed by atoms with Gasteiger partial charge >= 0.3 is 23.1 Å². The lowest BCUT2D eigenvalue weighted by molar-refractivity contribution is -0.386. The van der Waals surface area contributed by atoms with Gasteiger partial charge in [-0.25, -0.2) is 4.79 Å². The Morgan fingerprint density at radius 1 is 1.14 bits per heavy atom. The Kier molecular flexibility index (Phi) is 6.35. The summed E-state index contributed by atoms with van der Waals surface area (Å²) in [6.07, 6.45) is 0. The summed E-state index contributed by atoms with van der Waals surface area (Å²) in [5.41, 5.74) is -0.0826. The second kappa shape index (κ2) is 9.54. The number of nitrogens with zero attached hydrogens (tertiary/aromatic N) is 5. The number of rotatable bonds is 8. The summed E-state index contributed by atoms with van der Waals surface area (Å²) in [6, 6.07) is 8.24. The molecule has 4 rings (SSSR count). The quantitative estimate of drug-likeness (QED) is 0.160. The monoisotopic (exact) mass is 481 g/mol. The molecule has 14 heteroatoms. The van der Waals surface area contributed by atoms with Crippen LogP contribution in [0.15, 0.2) is 44.1 Å². The van der Waals surface area contributed by atoms with Crippen molar-refractivity contribution in [2.75, 3.05) is 13.1 Å². The lowest BCUT2D eigenvalue weighted by Gasteiger charge is -2.05. The SMILES string of the molecule is Cc1nn(Cc2noc(C(=O)NCCNC(=O)c3cc4ccccc4oc3=O)n2)c(C)c1[N+](=O)[O-]. The Morgan fingerprint density at radius 2 is 1.86 bits per heavy atom. The zero-order valence-corrected chi connectivity index (χ0v) is 18.6. The van der Waals surface area contributed by atoms with Gasteiger partial charge in [-0.3, -0.25) is 24.4 Å². The fraction of sp³-hybridized carbons (Fsp3) is 0.238. The molecule has 0 aliphatic carbocycles. The Hall–Kier alpha value is -4.88. The van der Waals surface area contributed by atoms with Gasteiger partial charge in [0.25, 0.3) is 5.91 Å². The molecule has 0 saturated carbocycles. The van der Waals surface area contributed by atoms with Crippen molar-refractivity contribution < 1.29 is 23.5 Å². The molecule has 0 spiro atoms. The van der Waals surface area contributed by atoms with Gasteiger partial charge in [0.2, 0.25) is 0 Å². The number of para-hydroxylation sites is 1. The molecule has 0 saturated heterocycles. The largest absolute Gasteiger partial charge is 0.422 e. The van der Waals surface area contributed by atoms with Crippen LogP contribution >= 0.6 is 0 Å². The normalized spacial score (nSPS) is 10.9. The summed E-state index contributed by atoms with van der Waals surface area (Å²) in [7, 11) is 0. The van der Waals surface area contributed by atoms with E-state index in [0.29, 0.717) is 16.7 Å². The molecule has 2 N–H and O–H groups in total. The van der Waals surface area contributed by atoms with Crippen LogP contribution in [0.2, 0.25) is 0 Å². The first kappa shape index (κ1) is 23.3. The number of hydrogen-bond donors (Lipinski definition) is 2. The van der Waals surface area contributed by atoms with Gasteiger partial charge in [-0.05, 0) is 26.0 Å². The van der Waals surface area contributed by atoms with Gasteiger partial charge in [0.1, 0.15) is 29.1 Å². The highest BCUT2D eigenvalue weighted by Gasteiger charge is 2.23. The van der Waals surface area contributed by atoms with Crippen LogP contribution in [0.3, 0.4) is 0 Å². The molecule has 0 aliphatic rings. The van der Waals surface area contributed by atoms with Gasteiger partial charge in [-0.2, -0.15) is 10.1 Å². The fourth-order valence-electron chi connectivity index (χ4n) is 3.39.